The Bertz CT molecular complexity index is 666. The molecule has 4 rings (SSSR count). The van der Waals surface area contributed by atoms with Crippen LogP contribution in [0.4, 0.5) is 0 Å². The zero-order chi connectivity index (χ0) is 18.6. The Kier molecular flexibility index (Phi) is 7.32. The van der Waals surface area contributed by atoms with Gasteiger partial charge in [0.15, 0.2) is 0 Å². The van der Waals surface area contributed by atoms with Crippen molar-refractivity contribution in [2.24, 2.45) is 0 Å². The smallest absolute Gasteiger partial charge is 0.245 e. The van der Waals surface area contributed by atoms with E-state index in [1.54, 1.807) is 0 Å². The van der Waals surface area contributed by atoms with E-state index in [0.717, 1.165) is 64.1 Å². The topological polar surface area (TPSA) is 55.9 Å². The van der Waals surface area contributed by atoms with Gasteiger partial charge < -0.3 is 15.1 Å². The van der Waals surface area contributed by atoms with E-state index in [1.807, 2.05) is 40.1 Å². The average Bonchev–Trinajstić information content (AvgIpc) is 3.39. The molecule has 6 nitrogen and oxygen atoms in total. The van der Waals surface area contributed by atoms with Gasteiger partial charge in [-0.3, -0.25) is 14.5 Å². The second kappa shape index (κ2) is 9.72. The number of hydrogen-bond acceptors (Lipinski definition) is 4. The summed E-state index contributed by atoms with van der Waals surface area (Å²) in [6, 6.07) is 10.0. The summed E-state index contributed by atoms with van der Waals surface area (Å²) in [7, 11) is 0. The SMILES string of the molecule is Cl.O=C(C1CCCN1C(=O)Cc1ccccc1)N1CCC(N2CCNCC2)C1. The van der Waals surface area contributed by atoms with Gasteiger partial charge in [0.05, 0.1) is 6.42 Å². The molecule has 0 aliphatic carbocycles. The summed E-state index contributed by atoms with van der Waals surface area (Å²) in [6.45, 7) is 6.55. The molecule has 3 saturated heterocycles. The van der Waals surface area contributed by atoms with Gasteiger partial charge in [-0.05, 0) is 24.8 Å². The average molecular weight is 407 g/mol. The lowest BCUT2D eigenvalue weighted by molar-refractivity contribution is -0.143. The van der Waals surface area contributed by atoms with Gasteiger partial charge in [-0.1, -0.05) is 30.3 Å². The normalized spacial score (nSPS) is 25.6. The van der Waals surface area contributed by atoms with Gasteiger partial charge in [0, 0.05) is 51.9 Å². The minimum absolute atomic E-state index is 0. The summed E-state index contributed by atoms with van der Waals surface area (Å²) in [5.41, 5.74) is 1.01. The Morgan fingerprint density at radius 2 is 1.75 bits per heavy atom. The van der Waals surface area contributed by atoms with E-state index in [-0.39, 0.29) is 30.3 Å². The highest BCUT2D eigenvalue weighted by Crippen LogP contribution is 2.24. The molecule has 0 saturated carbocycles. The second-order valence-electron chi connectivity index (χ2n) is 7.92. The monoisotopic (exact) mass is 406 g/mol. The lowest BCUT2D eigenvalue weighted by Gasteiger charge is -2.33. The fraction of sp³-hybridized carbons (Fsp3) is 0.619. The third-order valence-electron chi connectivity index (χ3n) is 6.20. The molecule has 0 aromatic heterocycles. The third-order valence-corrected chi connectivity index (χ3v) is 6.20. The van der Waals surface area contributed by atoms with Gasteiger partial charge in [0.25, 0.3) is 0 Å². The molecular formula is C21H31ClN4O2. The minimum atomic E-state index is -0.261. The Labute approximate surface area is 173 Å². The molecule has 28 heavy (non-hydrogen) atoms. The number of amides is 2. The standard InChI is InChI=1S/C21H30N4O2.ClH/c26-20(15-17-5-2-1-3-6-17)25-11-4-7-19(25)21(27)24-12-8-18(16-24)23-13-9-22-10-14-23;/h1-3,5-6,18-19,22H,4,7-16H2;1H. The molecule has 2 unspecified atom stereocenters. The first-order valence-corrected chi connectivity index (χ1v) is 10.3. The van der Waals surface area contributed by atoms with Gasteiger partial charge in [-0.15, -0.1) is 12.4 Å². The molecule has 0 bridgehead atoms. The van der Waals surface area contributed by atoms with Crippen LogP contribution in [0.1, 0.15) is 24.8 Å². The van der Waals surface area contributed by atoms with Crippen LogP contribution in [-0.4, -0.2) is 84.4 Å². The van der Waals surface area contributed by atoms with E-state index >= 15 is 0 Å². The van der Waals surface area contributed by atoms with Crippen LogP contribution >= 0.6 is 12.4 Å². The van der Waals surface area contributed by atoms with E-state index in [9.17, 15) is 9.59 Å². The lowest BCUT2D eigenvalue weighted by atomic mass is 10.1. The first kappa shape index (κ1) is 21.1. The molecule has 2 amide bonds. The van der Waals surface area contributed by atoms with Gasteiger partial charge in [-0.2, -0.15) is 0 Å². The first-order valence-electron chi connectivity index (χ1n) is 10.3. The van der Waals surface area contributed by atoms with Crippen LogP contribution in [0, 0.1) is 0 Å². The van der Waals surface area contributed by atoms with Crippen molar-refractivity contribution in [3.05, 3.63) is 35.9 Å². The van der Waals surface area contributed by atoms with Crippen molar-refractivity contribution in [2.45, 2.75) is 37.8 Å². The predicted molar refractivity (Wildman–Crippen MR) is 112 cm³/mol. The van der Waals surface area contributed by atoms with Crippen molar-refractivity contribution >= 4 is 24.2 Å². The summed E-state index contributed by atoms with van der Waals surface area (Å²) >= 11 is 0. The van der Waals surface area contributed by atoms with Crippen molar-refractivity contribution in [1.29, 1.82) is 0 Å². The van der Waals surface area contributed by atoms with Crippen molar-refractivity contribution in [2.75, 3.05) is 45.8 Å². The van der Waals surface area contributed by atoms with Crippen LogP contribution in [0.5, 0.6) is 0 Å². The minimum Gasteiger partial charge on any atom is -0.339 e. The largest absolute Gasteiger partial charge is 0.339 e. The maximum absolute atomic E-state index is 13.1. The second-order valence-corrected chi connectivity index (χ2v) is 7.92. The molecule has 0 radical (unpaired) electrons. The molecule has 3 heterocycles. The van der Waals surface area contributed by atoms with Gasteiger partial charge in [-0.25, -0.2) is 0 Å². The molecule has 1 aromatic rings. The highest BCUT2D eigenvalue weighted by atomic mass is 35.5. The summed E-state index contributed by atoms with van der Waals surface area (Å²) in [5.74, 6) is 0.237. The highest BCUT2D eigenvalue weighted by molar-refractivity contribution is 5.89. The first-order chi connectivity index (χ1) is 13.2. The summed E-state index contributed by atoms with van der Waals surface area (Å²) < 4.78 is 0. The van der Waals surface area contributed by atoms with E-state index < -0.39 is 0 Å². The summed E-state index contributed by atoms with van der Waals surface area (Å²) in [5, 5.41) is 3.39. The van der Waals surface area contributed by atoms with Crippen molar-refractivity contribution in [3.63, 3.8) is 0 Å². The number of piperazine rings is 1. The number of halogens is 1. The molecule has 3 aliphatic rings. The van der Waals surface area contributed by atoms with Crippen LogP contribution in [0.25, 0.3) is 0 Å². The van der Waals surface area contributed by atoms with Crippen molar-refractivity contribution in [3.8, 4) is 0 Å². The Balaban J connectivity index is 0.00000225. The summed E-state index contributed by atoms with van der Waals surface area (Å²) in [6.07, 6.45) is 3.16. The van der Waals surface area contributed by atoms with E-state index in [0.29, 0.717) is 19.0 Å². The Morgan fingerprint density at radius 3 is 2.50 bits per heavy atom. The lowest BCUT2D eigenvalue weighted by Crippen LogP contribution is -2.51. The molecule has 3 fully saturated rings. The molecule has 3 aliphatic heterocycles. The molecule has 7 heteroatoms. The number of carbonyl (C=O) groups is 2. The number of benzene rings is 1. The predicted octanol–water partition coefficient (Wildman–Crippen LogP) is 1.15. The number of hydrogen-bond donors (Lipinski definition) is 1. The van der Waals surface area contributed by atoms with Gasteiger partial charge in [0.2, 0.25) is 11.8 Å². The molecule has 1 N–H and O–H groups in total. The molecule has 0 spiro atoms. The molecule has 1 aromatic carbocycles. The van der Waals surface area contributed by atoms with E-state index in [4.69, 9.17) is 0 Å². The van der Waals surface area contributed by atoms with Gasteiger partial charge in [0.1, 0.15) is 6.04 Å². The van der Waals surface area contributed by atoms with Crippen LogP contribution in [0.2, 0.25) is 0 Å². The van der Waals surface area contributed by atoms with Crippen molar-refractivity contribution < 1.29 is 9.59 Å². The number of rotatable bonds is 4. The maximum atomic E-state index is 13.1. The Hall–Kier alpha value is -1.63. The van der Waals surface area contributed by atoms with Gasteiger partial charge >= 0.3 is 0 Å². The van der Waals surface area contributed by atoms with Crippen LogP contribution < -0.4 is 5.32 Å². The number of nitrogens with one attached hydrogen (secondary N) is 1. The molecule has 154 valence electrons. The maximum Gasteiger partial charge on any atom is 0.245 e. The summed E-state index contributed by atoms with van der Waals surface area (Å²) in [4.78, 5) is 32.3. The number of carbonyl (C=O) groups excluding carboxylic acids is 2. The zero-order valence-corrected chi connectivity index (χ0v) is 17.2. The number of nitrogens with zero attached hydrogens (tertiary/aromatic N) is 3. The molecular weight excluding hydrogens is 376 g/mol. The van der Waals surface area contributed by atoms with E-state index in [2.05, 4.69) is 10.2 Å². The number of likely N-dealkylation sites (tertiary alicyclic amines) is 2. The quantitative estimate of drug-likeness (QED) is 0.815. The molecule has 2 atom stereocenters. The zero-order valence-electron chi connectivity index (χ0n) is 16.4. The highest BCUT2D eigenvalue weighted by Gasteiger charge is 2.39. The fourth-order valence-electron chi connectivity index (χ4n) is 4.69. The van der Waals surface area contributed by atoms with E-state index in [1.165, 1.54) is 0 Å². The van der Waals surface area contributed by atoms with Crippen LogP contribution in [-0.2, 0) is 16.0 Å². The fourth-order valence-corrected chi connectivity index (χ4v) is 4.69. The van der Waals surface area contributed by atoms with Crippen LogP contribution in [0.15, 0.2) is 30.3 Å². The van der Waals surface area contributed by atoms with Crippen LogP contribution in [0.3, 0.4) is 0 Å². The Morgan fingerprint density at radius 1 is 1.00 bits per heavy atom. The third kappa shape index (κ3) is 4.67. The van der Waals surface area contributed by atoms with Crippen molar-refractivity contribution in [1.82, 2.24) is 20.0 Å².